The van der Waals surface area contributed by atoms with Crippen molar-refractivity contribution in [2.45, 2.75) is 25.4 Å². The highest BCUT2D eigenvalue weighted by atomic mass is 16.5. The van der Waals surface area contributed by atoms with Gasteiger partial charge in [-0.2, -0.15) is 0 Å². The van der Waals surface area contributed by atoms with Crippen LogP contribution in [0.3, 0.4) is 0 Å². The van der Waals surface area contributed by atoms with Gasteiger partial charge in [0.05, 0.1) is 18.7 Å². The lowest BCUT2D eigenvalue weighted by molar-refractivity contribution is 0.176. The second kappa shape index (κ2) is 5.93. The molecule has 1 aromatic rings. The van der Waals surface area contributed by atoms with Gasteiger partial charge >= 0.3 is 6.03 Å². The Bertz CT molecular complexity index is 427. The average molecular weight is 264 g/mol. The number of hydrogen-bond donors (Lipinski definition) is 2. The van der Waals surface area contributed by atoms with E-state index in [0.29, 0.717) is 13.2 Å². The smallest absolute Gasteiger partial charge is 0.317 e. The van der Waals surface area contributed by atoms with Crippen molar-refractivity contribution in [2.24, 2.45) is 0 Å². The molecule has 104 valence electrons. The van der Waals surface area contributed by atoms with Crippen molar-refractivity contribution in [3.05, 3.63) is 29.8 Å². The average Bonchev–Trinajstić information content (AvgIpc) is 2.90. The summed E-state index contributed by atoms with van der Waals surface area (Å²) < 4.78 is 5.23. The fourth-order valence-corrected chi connectivity index (χ4v) is 2.08. The van der Waals surface area contributed by atoms with Crippen LogP contribution < -0.4 is 5.32 Å². The lowest BCUT2D eigenvalue weighted by atomic mass is 10.1. The molecule has 5 nitrogen and oxygen atoms in total. The van der Waals surface area contributed by atoms with Crippen molar-refractivity contribution in [2.75, 3.05) is 20.3 Å². The minimum Gasteiger partial charge on any atom is -0.508 e. The van der Waals surface area contributed by atoms with Gasteiger partial charge in [-0.3, -0.25) is 0 Å². The summed E-state index contributed by atoms with van der Waals surface area (Å²) in [5, 5.41) is 12.2. The minimum atomic E-state index is -0.101. The van der Waals surface area contributed by atoms with Crippen LogP contribution in [0.25, 0.3) is 0 Å². The van der Waals surface area contributed by atoms with Gasteiger partial charge in [0.15, 0.2) is 0 Å². The van der Waals surface area contributed by atoms with E-state index in [1.54, 1.807) is 24.1 Å². The van der Waals surface area contributed by atoms with Crippen molar-refractivity contribution in [1.29, 1.82) is 0 Å². The van der Waals surface area contributed by atoms with Gasteiger partial charge in [-0.15, -0.1) is 0 Å². The molecule has 0 bridgehead atoms. The third-order valence-corrected chi connectivity index (χ3v) is 3.53. The van der Waals surface area contributed by atoms with Gasteiger partial charge in [-0.25, -0.2) is 4.79 Å². The highest BCUT2D eigenvalue weighted by Gasteiger charge is 2.22. The molecule has 19 heavy (non-hydrogen) atoms. The molecule has 2 atom stereocenters. The van der Waals surface area contributed by atoms with Crippen LogP contribution in [0.5, 0.6) is 5.75 Å². The van der Waals surface area contributed by atoms with Crippen molar-refractivity contribution in [1.82, 2.24) is 10.2 Å². The molecular formula is C14H20N2O3. The van der Waals surface area contributed by atoms with Gasteiger partial charge in [0.2, 0.25) is 0 Å². The summed E-state index contributed by atoms with van der Waals surface area (Å²) in [6.45, 7) is 3.26. The molecule has 5 heteroatoms. The summed E-state index contributed by atoms with van der Waals surface area (Å²) in [5.41, 5.74) is 0.984. The highest BCUT2D eigenvalue weighted by Crippen LogP contribution is 2.21. The number of aromatic hydroxyl groups is 1. The van der Waals surface area contributed by atoms with Crippen LogP contribution in [0, 0.1) is 0 Å². The molecule has 2 unspecified atom stereocenters. The van der Waals surface area contributed by atoms with Gasteiger partial charge in [-0.1, -0.05) is 12.1 Å². The first-order valence-corrected chi connectivity index (χ1v) is 6.48. The number of nitrogens with one attached hydrogen (secondary N) is 1. The largest absolute Gasteiger partial charge is 0.508 e. The van der Waals surface area contributed by atoms with Crippen molar-refractivity contribution < 1.29 is 14.6 Å². The Morgan fingerprint density at radius 3 is 2.74 bits per heavy atom. The monoisotopic (exact) mass is 264 g/mol. The quantitative estimate of drug-likeness (QED) is 0.876. The second-order valence-corrected chi connectivity index (χ2v) is 4.89. The molecule has 2 N–H and O–H groups in total. The number of phenols is 1. The summed E-state index contributed by atoms with van der Waals surface area (Å²) >= 11 is 0. The molecule has 1 saturated heterocycles. The number of phenolic OH excluding ortho intramolecular Hbond substituents is 1. The Morgan fingerprint density at radius 1 is 1.47 bits per heavy atom. The number of hydrogen-bond acceptors (Lipinski definition) is 3. The van der Waals surface area contributed by atoms with Crippen LogP contribution in [0.2, 0.25) is 0 Å². The molecule has 0 spiro atoms. The van der Waals surface area contributed by atoms with Crippen LogP contribution >= 0.6 is 0 Å². The fourth-order valence-electron chi connectivity index (χ4n) is 2.08. The first-order valence-electron chi connectivity index (χ1n) is 6.48. The van der Waals surface area contributed by atoms with E-state index in [2.05, 4.69) is 5.32 Å². The first-order chi connectivity index (χ1) is 9.08. The van der Waals surface area contributed by atoms with Crippen LogP contribution in [0.1, 0.15) is 24.9 Å². The molecule has 1 heterocycles. The topological polar surface area (TPSA) is 61.8 Å². The van der Waals surface area contributed by atoms with E-state index in [4.69, 9.17) is 4.74 Å². The molecule has 2 rings (SSSR count). The Balaban J connectivity index is 1.95. The van der Waals surface area contributed by atoms with Gasteiger partial charge < -0.3 is 20.1 Å². The van der Waals surface area contributed by atoms with E-state index in [9.17, 15) is 9.90 Å². The van der Waals surface area contributed by atoms with Crippen LogP contribution in [-0.4, -0.2) is 42.3 Å². The SMILES string of the molecule is CC(c1ccc(O)cc1)N(C)C(=O)NC1CCOC1. The van der Waals surface area contributed by atoms with Gasteiger partial charge in [0, 0.05) is 13.7 Å². The standard InChI is InChI=1S/C14H20N2O3/c1-10(11-3-5-13(17)6-4-11)16(2)14(18)15-12-7-8-19-9-12/h3-6,10,12,17H,7-9H2,1-2H3,(H,15,18). The number of carbonyl (C=O) groups excluding carboxylic acids is 1. The number of urea groups is 1. The maximum atomic E-state index is 12.1. The molecule has 1 aromatic carbocycles. The zero-order valence-corrected chi connectivity index (χ0v) is 11.3. The number of rotatable bonds is 3. The molecule has 0 aliphatic carbocycles. The number of nitrogens with zero attached hydrogens (tertiary/aromatic N) is 1. The second-order valence-electron chi connectivity index (χ2n) is 4.89. The number of carbonyl (C=O) groups is 1. The molecule has 0 radical (unpaired) electrons. The van der Waals surface area contributed by atoms with Gasteiger partial charge in [-0.05, 0) is 31.0 Å². The Labute approximate surface area is 113 Å². The third kappa shape index (κ3) is 3.38. The van der Waals surface area contributed by atoms with Crippen LogP contribution in [-0.2, 0) is 4.74 Å². The van der Waals surface area contributed by atoms with Crippen molar-refractivity contribution in [3.63, 3.8) is 0 Å². The maximum Gasteiger partial charge on any atom is 0.317 e. The summed E-state index contributed by atoms with van der Waals surface area (Å²) in [7, 11) is 1.77. The highest BCUT2D eigenvalue weighted by molar-refractivity contribution is 5.74. The molecule has 1 fully saturated rings. The third-order valence-electron chi connectivity index (χ3n) is 3.53. The van der Waals surface area contributed by atoms with Crippen LogP contribution in [0.4, 0.5) is 4.79 Å². The molecule has 0 aromatic heterocycles. The summed E-state index contributed by atoms with van der Waals surface area (Å²) in [6.07, 6.45) is 0.868. The lowest BCUT2D eigenvalue weighted by Crippen LogP contribution is -2.44. The Morgan fingerprint density at radius 2 is 2.16 bits per heavy atom. The molecular weight excluding hydrogens is 244 g/mol. The van der Waals surface area contributed by atoms with E-state index in [1.807, 2.05) is 19.1 Å². The maximum absolute atomic E-state index is 12.1. The summed E-state index contributed by atoms with van der Waals surface area (Å²) in [4.78, 5) is 13.7. The summed E-state index contributed by atoms with van der Waals surface area (Å²) in [5.74, 6) is 0.228. The Hall–Kier alpha value is -1.75. The van der Waals surface area contributed by atoms with E-state index >= 15 is 0 Å². The van der Waals surface area contributed by atoms with Gasteiger partial charge in [0.1, 0.15) is 5.75 Å². The number of benzene rings is 1. The zero-order chi connectivity index (χ0) is 13.8. The van der Waals surface area contributed by atoms with Gasteiger partial charge in [0.25, 0.3) is 0 Å². The zero-order valence-electron chi connectivity index (χ0n) is 11.3. The minimum absolute atomic E-state index is 0.0529. The normalized spacial score (nSPS) is 20.0. The lowest BCUT2D eigenvalue weighted by Gasteiger charge is -2.27. The first kappa shape index (κ1) is 13.7. The predicted octanol–water partition coefficient (Wildman–Crippen LogP) is 1.88. The Kier molecular flexibility index (Phi) is 4.27. The van der Waals surface area contributed by atoms with Crippen molar-refractivity contribution >= 4 is 6.03 Å². The van der Waals surface area contributed by atoms with E-state index in [0.717, 1.165) is 12.0 Å². The molecule has 1 aliphatic rings. The van der Waals surface area contributed by atoms with E-state index in [1.165, 1.54) is 0 Å². The van der Waals surface area contributed by atoms with E-state index in [-0.39, 0.29) is 23.9 Å². The summed E-state index contributed by atoms with van der Waals surface area (Å²) in [6, 6.07) is 6.86. The molecule has 2 amide bonds. The molecule has 1 aliphatic heterocycles. The van der Waals surface area contributed by atoms with Crippen LogP contribution in [0.15, 0.2) is 24.3 Å². The number of amides is 2. The number of ether oxygens (including phenoxy) is 1. The molecule has 0 saturated carbocycles. The van der Waals surface area contributed by atoms with E-state index < -0.39 is 0 Å². The predicted molar refractivity (Wildman–Crippen MR) is 72.0 cm³/mol. The fraction of sp³-hybridized carbons (Fsp3) is 0.500. The van der Waals surface area contributed by atoms with Crippen molar-refractivity contribution in [3.8, 4) is 5.75 Å².